The van der Waals surface area contributed by atoms with Crippen LogP contribution in [0.25, 0.3) is 23.0 Å². The van der Waals surface area contributed by atoms with Gasteiger partial charge in [-0.25, -0.2) is 28.7 Å². The lowest BCUT2D eigenvalue weighted by molar-refractivity contribution is 0.371. The van der Waals surface area contributed by atoms with Crippen LogP contribution in [0.3, 0.4) is 0 Å². The fourth-order valence-corrected chi connectivity index (χ4v) is 6.80. The Balaban J connectivity index is 0.000000167. The zero-order chi connectivity index (χ0) is 37.9. The molecule has 0 N–H and O–H groups in total. The van der Waals surface area contributed by atoms with E-state index in [0.29, 0.717) is 49.0 Å². The molecule has 0 saturated heterocycles. The summed E-state index contributed by atoms with van der Waals surface area (Å²) in [6.45, 7) is 5.24. The van der Waals surface area contributed by atoms with Crippen LogP contribution in [-0.2, 0) is 12.8 Å². The summed E-state index contributed by atoms with van der Waals surface area (Å²) in [5.41, 5.74) is 6.40. The maximum absolute atomic E-state index is 13.9. The molecule has 0 fully saturated rings. The van der Waals surface area contributed by atoms with Gasteiger partial charge in [0.2, 0.25) is 11.6 Å². The Hall–Kier alpha value is -6.18. The Kier molecular flexibility index (Phi) is 10.3. The van der Waals surface area contributed by atoms with Gasteiger partial charge in [0.05, 0.1) is 37.7 Å². The molecule has 0 radical (unpaired) electrons. The smallest absolute Gasteiger partial charge is 0.200 e. The van der Waals surface area contributed by atoms with E-state index in [4.69, 9.17) is 9.47 Å². The summed E-state index contributed by atoms with van der Waals surface area (Å²) in [5.74, 6) is -2.85. The number of aromatic nitrogens is 6. The van der Waals surface area contributed by atoms with E-state index >= 15 is 0 Å². The first kappa shape index (κ1) is 36.2. The van der Waals surface area contributed by atoms with Crippen molar-refractivity contribution in [3.05, 3.63) is 131 Å². The molecule has 8 rings (SSSR count). The Morgan fingerprint density at radius 1 is 0.593 bits per heavy atom. The van der Waals surface area contributed by atoms with Crippen LogP contribution in [0.1, 0.15) is 48.4 Å². The van der Waals surface area contributed by atoms with Gasteiger partial charge >= 0.3 is 0 Å². The lowest BCUT2D eigenvalue weighted by Crippen LogP contribution is -2.35. The molecule has 0 amide bonds. The number of hydrogen-bond acceptors (Lipinski definition) is 10. The van der Waals surface area contributed by atoms with Gasteiger partial charge in [-0.1, -0.05) is 12.1 Å². The van der Waals surface area contributed by atoms with Crippen molar-refractivity contribution in [2.75, 3.05) is 37.1 Å². The van der Waals surface area contributed by atoms with Gasteiger partial charge in [0.15, 0.2) is 34.8 Å². The van der Waals surface area contributed by atoms with Crippen LogP contribution in [0.5, 0.6) is 11.5 Å². The number of ether oxygens (including phenoxy) is 2. The van der Waals surface area contributed by atoms with Gasteiger partial charge in [-0.15, -0.1) is 0 Å². The normalized spacial score (nSPS) is 16.1. The number of fused-ring (bicyclic) bond motifs is 2. The van der Waals surface area contributed by atoms with E-state index in [2.05, 4.69) is 29.9 Å². The van der Waals surface area contributed by atoms with Gasteiger partial charge in [-0.2, -0.15) is 8.78 Å². The fraction of sp³-hybridized carbons (Fsp3) is 0.250. The third-order valence-corrected chi connectivity index (χ3v) is 9.66. The molecule has 0 bridgehead atoms. The van der Waals surface area contributed by atoms with E-state index in [-0.39, 0.29) is 23.6 Å². The summed E-state index contributed by atoms with van der Waals surface area (Å²) in [4.78, 5) is 30.8. The van der Waals surface area contributed by atoms with Crippen molar-refractivity contribution in [2.24, 2.45) is 0 Å². The average molecular weight is 737 g/mol. The SMILES string of the molecule is COc1cc(N2CCc3nc(-c4ccccn4)ncc3[C@@H]2C)cc(F)c1F.COc1cc(N2CCc3nc(-c4ccccn4)ncc3[C@H]2C)cc(F)c1F. The van der Waals surface area contributed by atoms with Crippen molar-refractivity contribution in [3.63, 3.8) is 0 Å². The topological polar surface area (TPSA) is 102 Å². The summed E-state index contributed by atoms with van der Waals surface area (Å²) in [7, 11) is 2.65. The standard InChI is InChI=1S/2C20H18F2N4O/c2*1-12-14-11-24-20(17-5-3-4-7-23-17)25-16(14)6-8-26(12)13-9-15(21)19(22)18(10-13)27-2/h2*3-5,7,9-12H,6,8H2,1-2H3/t2*12-/m10/s1. The molecule has 4 aromatic heterocycles. The number of pyridine rings is 2. The Morgan fingerprint density at radius 3 is 1.39 bits per heavy atom. The molecule has 0 unspecified atom stereocenters. The lowest BCUT2D eigenvalue weighted by Gasteiger charge is -2.36. The van der Waals surface area contributed by atoms with Crippen LogP contribution in [-0.4, -0.2) is 57.2 Å². The number of hydrogen-bond donors (Lipinski definition) is 0. The molecule has 54 heavy (non-hydrogen) atoms. The van der Waals surface area contributed by atoms with Gasteiger partial charge in [0.25, 0.3) is 0 Å². The number of halogens is 4. The number of rotatable bonds is 6. The minimum absolute atomic E-state index is 0.0823. The summed E-state index contributed by atoms with van der Waals surface area (Å²) >= 11 is 0. The van der Waals surface area contributed by atoms with E-state index in [0.717, 1.165) is 33.9 Å². The third kappa shape index (κ3) is 7.10. The first-order valence-corrected chi connectivity index (χ1v) is 17.3. The predicted molar refractivity (Wildman–Crippen MR) is 195 cm³/mol. The highest BCUT2D eigenvalue weighted by Gasteiger charge is 2.29. The second-order valence-electron chi connectivity index (χ2n) is 12.7. The Bertz CT molecular complexity index is 2120. The second-order valence-corrected chi connectivity index (χ2v) is 12.7. The molecule has 6 heterocycles. The number of methoxy groups -OCH3 is 2. The first-order valence-electron chi connectivity index (χ1n) is 17.3. The van der Waals surface area contributed by atoms with Crippen molar-refractivity contribution in [3.8, 4) is 34.5 Å². The van der Waals surface area contributed by atoms with Crippen LogP contribution < -0.4 is 19.3 Å². The van der Waals surface area contributed by atoms with Crippen LogP contribution in [0.4, 0.5) is 28.9 Å². The molecule has 2 aromatic carbocycles. The largest absolute Gasteiger partial charge is 0.493 e. The van der Waals surface area contributed by atoms with E-state index < -0.39 is 23.3 Å². The lowest BCUT2D eigenvalue weighted by atomic mass is 9.98. The molecule has 0 aliphatic carbocycles. The van der Waals surface area contributed by atoms with Gasteiger partial charge < -0.3 is 19.3 Å². The predicted octanol–water partition coefficient (Wildman–Crippen LogP) is 7.90. The van der Waals surface area contributed by atoms with Gasteiger partial charge in [0, 0.05) is 97.5 Å². The summed E-state index contributed by atoms with van der Waals surface area (Å²) in [6.07, 6.45) is 8.34. The van der Waals surface area contributed by atoms with Crippen molar-refractivity contribution in [1.29, 1.82) is 0 Å². The molecule has 10 nitrogen and oxygen atoms in total. The zero-order valence-corrected chi connectivity index (χ0v) is 30.0. The Morgan fingerprint density at radius 2 is 1.02 bits per heavy atom. The van der Waals surface area contributed by atoms with Crippen LogP contribution in [0.15, 0.2) is 85.5 Å². The van der Waals surface area contributed by atoms with E-state index in [1.165, 1.54) is 38.5 Å². The van der Waals surface area contributed by atoms with Gasteiger partial charge in [0.1, 0.15) is 11.4 Å². The van der Waals surface area contributed by atoms with Crippen LogP contribution >= 0.6 is 0 Å². The highest BCUT2D eigenvalue weighted by Crippen LogP contribution is 2.38. The Labute approximate surface area is 309 Å². The van der Waals surface area contributed by atoms with E-state index in [1.54, 1.807) is 24.8 Å². The fourth-order valence-electron chi connectivity index (χ4n) is 6.80. The molecular weight excluding hydrogens is 700 g/mol. The summed E-state index contributed by atoms with van der Waals surface area (Å²) in [6, 6.07) is 16.5. The van der Waals surface area contributed by atoms with Crippen molar-refractivity contribution in [1.82, 2.24) is 29.9 Å². The van der Waals surface area contributed by atoms with Crippen molar-refractivity contribution in [2.45, 2.75) is 38.8 Å². The molecule has 276 valence electrons. The minimum Gasteiger partial charge on any atom is -0.493 e. The maximum Gasteiger partial charge on any atom is 0.200 e. The summed E-state index contributed by atoms with van der Waals surface area (Å²) in [5, 5.41) is 0. The van der Waals surface area contributed by atoms with E-state index in [9.17, 15) is 17.6 Å². The maximum atomic E-state index is 13.9. The van der Waals surface area contributed by atoms with E-state index in [1.807, 2.05) is 60.0 Å². The molecule has 2 atom stereocenters. The molecular formula is C40H36F4N8O2. The second kappa shape index (κ2) is 15.4. The zero-order valence-electron chi connectivity index (χ0n) is 30.0. The quantitative estimate of drug-likeness (QED) is 0.157. The molecule has 6 aromatic rings. The molecule has 0 saturated carbocycles. The highest BCUT2D eigenvalue weighted by atomic mass is 19.2. The van der Waals surface area contributed by atoms with Gasteiger partial charge in [-0.05, 0) is 38.1 Å². The average Bonchev–Trinajstić information content (AvgIpc) is 3.21. The number of nitrogens with zero attached hydrogens (tertiary/aromatic N) is 8. The molecule has 14 heteroatoms. The van der Waals surface area contributed by atoms with Crippen molar-refractivity contribution >= 4 is 11.4 Å². The minimum atomic E-state index is -0.977. The number of benzene rings is 2. The van der Waals surface area contributed by atoms with Gasteiger partial charge in [-0.3, -0.25) is 9.97 Å². The monoisotopic (exact) mass is 736 g/mol. The molecule has 2 aliphatic rings. The first-order chi connectivity index (χ1) is 26.2. The van der Waals surface area contributed by atoms with Crippen molar-refractivity contribution < 1.29 is 27.0 Å². The highest BCUT2D eigenvalue weighted by molar-refractivity contribution is 5.58. The molecule has 0 spiro atoms. The third-order valence-electron chi connectivity index (χ3n) is 9.66. The molecule has 2 aliphatic heterocycles. The summed E-state index contributed by atoms with van der Waals surface area (Å²) < 4.78 is 65.3. The van der Waals surface area contributed by atoms with Crippen LogP contribution in [0, 0.1) is 23.3 Å². The number of anilines is 2. The van der Waals surface area contributed by atoms with Crippen LogP contribution in [0.2, 0.25) is 0 Å².